The van der Waals surface area contributed by atoms with Gasteiger partial charge in [-0.05, 0) is 77.6 Å². The summed E-state index contributed by atoms with van der Waals surface area (Å²) in [7, 11) is 0. The maximum atomic E-state index is 13.0. The quantitative estimate of drug-likeness (QED) is 0.115. The lowest BCUT2D eigenvalue weighted by Crippen LogP contribution is -2.31. The van der Waals surface area contributed by atoms with Crippen molar-refractivity contribution in [2.45, 2.75) is 130 Å². The summed E-state index contributed by atoms with van der Waals surface area (Å²) in [6.45, 7) is 7.55. The van der Waals surface area contributed by atoms with Crippen LogP contribution in [0.25, 0.3) is 0 Å². The third kappa shape index (κ3) is 8.92. The summed E-state index contributed by atoms with van der Waals surface area (Å²) >= 11 is 0. The molecule has 6 nitrogen and oxygen atoms in total. The minimum Gasteiger partial charge on any atom is -0.269 e. The van der Waals surface area contributed by atoms with Crippen LogP contribution in [0.5, 0.6) is 0 Å². The lowest BCUT2D eigenvalue weighted by Gasteiger charge is -2.15. The zero-order valence-electron chi connectivity index (χ0n) is 28.5. The molecule has 6 heteroatoms. The number of nitrogens with zero attached hydrogens (tertiary/aromatic N) is 2. The molecule has 0 bridgehead atoms. The number of amides is 4. The molecule has 46 heavy (non-hydrogen) atoms. The van der Waals surface area contributed by atoms with Crippen molar-refractivity contribution in [3.63, 3.8) is 0 Å². The summed E-state index contributed by atoms with van der Waals surface area (Å²) in [5.74, 6) is -0.664. The van der Waals surface area contributed by atoms with Crippen molar-refractivity contribution in [3.05, 3.63) is 82.0 Å². The Labute approximate surface area is 275 Å². The van der Waals surface area contributed by atoms with E-state index in [0.29, 0.717) is 46.5 Å². The van der Waals surface area contributed by atoms with Crippen molar-refractivity contribution in [2.24, 2.45) is 0 Å². The molecule has 0 aromatic heterocycles. The van der Waals surface area contributed by atoms with Crippen LogP contribution in [-0.4, -0.2) is 23.6 Å². The number of hydrogen-bond donors (Lipinski definition) is 0. The first-order valence-corrected chi connectivity index (χ1v) is 17.5. The van der Waals surface area contributed by atoms with E-state index in [1.807, 2.05) is 62.4 Å². The highest BCUT2D eigenvalue weighted by Gasteiger charge is 2.37. The van der Waals surface area contributed by atoms with E-state index in [2.05, 4.69) is 0 Å². The highest BCUT2D eigenvalue weighted by molar-refractivity contribution is 6.33. The minimum atomic E-state index is -0.182. The molecule has 4 rings (SSSR count). The summed E-state index contributed by atoms with van der Waals surface area (Å²) < 4.78 is 0. The van der Waals surface area contributed by atoms with Gasteiger partial charge in [0, 0.05) is 22.3 Å². The number of anilines is 2. The second-order valence-corrected chi connectivity index (χ2v) is 13.2. The molecule has 2 aliphatic heterocycles. The second kappa shape index (κ2) is 17.2. The number of benzene rings is 2. The standard InChI is InChI=1S/C40H52N2O4/c1-29-21-25-33(26-22-29)41-37(43)31(3)35(39(41)45)19-17-15-13-11-9-7-5-6-8-10-12-14-16-18-20-36-32(4)38(44)42(40(36)46)34-27-23-30(2)24-28-34/h21-28H,5-20H2,1-4H3. The summed E-state index contributed by atoms with van der Waals surface area (Å²) in [6, 6.07) is 15.1. The van der Waals surface area contributed by atoms with Crippen LogP contribution in [0.1, 0.15) is 128 Å². The third-order valence-electron chi connectivity index (χ3n) is 9.56. The molecule has 2 aliphatic rings. The van der Waals surface area contributed by atoms with Crippen LogP contribution in [-0.2, 0) is 19.2 Å². The Balaban J connectivity index is 0.973. The molecule has 0 spiro atoms. The molecule has 0 radical (unpaired) electrons. The highest BCUT2D eigenvalue weighted by Crippen LogP contribution is 2.31. The van der Waals surface area contributed by atoms with Crippen molar-refractivity contribution in [1.82, 2.24) is 0 Å². The largest absolute Gasteiger partial charge is 0.269 e. The normalized spacial score (nSPS) is 15.4. The number of unbranched alkanes of at least 4 members (excludes halogenated alkanes) is 13. The topological polar surface area (TPSA) is 74.8 Å². The number of imide groups is 2. The van der Waals surface area contributed by atoms with Crippen molar-refractivity contribution in [2.75, 3.05) is 9.80 Å². The van der Waals surface area contributed by atoms with Gasteiger partial charge in [0.05, 0.1) is 11.4 Å². The molecule has 246 valence electrons. The molecule has 0 atom stereocenters. The smallest absolute Gasteiger partial charge is 0.261 e. The van der Waals surface area contributed by atoms with E-state index in [4.69, 9.17) is 0 Å². The van der Waals surface area contributed by atoms with Crippen molar-refractivity contribution in [3.8, 4) is 0 Å². The zero-order valence-corrected chi connectivity index (χ0v) is 28.5. The number of rotatable bonds is 19. The Morgan fingerprint density at radius 2 is 0.630 bits per heavy atom. The van der Waals surface area contributed by atoms with Crippen molar-refractivity contribution >= 4 is 35.0 Å². The summed E-state index contributed by atoms with van der Waals surface area (Å²) in [5.41, 5.74) is 6.08. The van der Waals surface area contributed by atoms with E-state index in [9.17, 15) is 19.2 Å². The van der Waals surface area contributed by atoms with Gasteiger partial charge in [0.1, 0.15) is 0 Å². The molecule has 0 saturated carbocycles. The number of aryl methyl sites for hydroxylation is 2. The lowest BCUT2D eigenvalue weighted by molar-refractivity contribution is -0.122. The number of carbonyl (C=O) groups is 4. The summed E-state index contributed by atoms with van der Waals surface area (Å²) in [6.07, 6.45) is 17.9. The lowest BCUT2D eigenvalue weighted by atomic mass is 10.0. The number of hydrogen-bond acceptors (Lipinski definition) is 4. The van der Waals surface area contributed by atoms with Gasteiger partial charge in [0.25, 0.3) is 23.6 Å². The second-order valence-electron chi connectivity index (χ2n) is 13.2. The molecule has 4 amide bonds. The van der Waals surface area contributed by atoms with Crippen molar-refractivity contribution < 1.29 is 19.2 Å². The van der Waals surface area contributed by atoms with Crippen molar-refractivity contribution in [1.29, 1.82) is 0 Å². The van der Waals surface area contributed by atoms with E-state index < -0.39 is 0 Å². The first kappa shape index (κ1) is 35.1. The van der Waals surface area contributed by atoms with Crippen LogP contribution in [0.3, 0.4) is 0 Å². The van der Waals surface area contributed by atoms with Crippen LogP contribution in [0.4, 0.5) is 11.4 Å². The molecule has 0 unspecified atom stereocenters. The van der Waals surface area contributed by atoms with Gasteiger partial charge in [-0.3, -0.25) is 19.2 Å². The van der Waals surface area contributed by atoms with Gasteiger partial charge in [-0.15, -0.1) is 0 Å². The molecule has 0 aliphatic carbocycles. The number of carbonyl (C=O) groups excluding carboxylic acids is 4. The van der Waals surface area contributed by atoms with Gasteiger partial charge in [0.2, 0.25) is 0 Å². The molecule has 0 saturated heterocycles. The Bertz CT molecular complexity index is 1340. The monoisotopic (exact) mass is 624 g/mol. The third-order valence-corrected chi connectivity index (χ3v) is 9.56. The molecular formula is C40H52N2O4. The van der Waals surface area contributed by atoms with Gasteiger partial charge in [0.15, 0.2) is 0 Å². The summed E-state index contributed by atoms with van der Waals surface area (Å²) in [4.78, 5) is 54.0. The molecule has 2 aromatic rings. The van der Waals surface area contributed by atoms with Crippen LogP contribution in [0.2, 0.25) is 0 Å². The summed E-state index contributed by atoms with van der Waals surface area (Å²) in [5, 5.41) is 0. The van der Waals surface area contributed by atoms with E-state index in [1.165, 1.54) is 74.0 Å². The first-order chi connectivity index (χ1) is 22.2. The van der Waals surface area contributed by atoms with E-state index >= 15 is 0 Å². The molecule has 0 N–H and O–H groups in total. The van der Waals surface area contributed by atoms with Gasteiger partial charge >= 0.3 is 0 Å². The average molecular weight is 625 g/mol. The Morgan fingerprint density at radius 1 is 0.370 bits per heavy atom. The Hall–Kier alpha value is -3.80. The molecule has 0 fully saturated rings. The van der Waals surface area contributed by atoms with Gasteiger partial charge in [-0.1, -0.05) is 112 Å². The minimum absolute atomic E-state index is 0.150. The van der Waals surface area contributed by atoms with E-state index in [0.717, 1.165) is 36.8 Å². The molecule has 2 aromatic carbocycles. The van der Waals surface area contributed by atoms with E-state index in [-0.39, 0.29) is 23.6 Å². The van der Waals surface area contributed by atoms with Crippen LogP contribution in [0, 0.1) is 13.8 Å². The van der Waals surface area contributed by atoms with Crippen LogP contribution >= 0.6 is 0 Å². The van der Waals surface area contributed by atoms with Gasteiger partial charge in [-0.25, -0.2) is 9.80 Å². The Kier molecular flexibility index (Phi) is 13.1. The van der Waals surface area contributed by atoms with Crippen LogP contribution < -0.4 is 9.80 Å². The SMILES string of the molecule is CC1=C(CCCCCCCCCCCCCCCCC2=C(C)C(=O)N(c3ccc(C)cc3)C2=O)C(=O)N(c2ccc(C)cc2)C1=O. The highest BCUT2D eigenvalue weighted by atomic mass is 16.2. The predicted octanol–water partition coefficient (Wildman–Crippen LogP) is 9.62. The average Bonchev–Trinajstić information content (AvgIpc) is 3.39. The fraction of sp³-hybridized carbons (Fsp3) is 0.500. The first-order valence-electron chi connectivity index (χ1n) is 17.5. The maximum absolute atomic E-state index is 13.0. The zero-order chi connectivity index (χ0) is 33.1. The molecular weight excluding hydrogens is 572 g/mol. The van der Waals surface area contributed by atoms with Gasteiger partial charge in [-0.2, -0.15) is 0 Å². The Morgan fingerprint density at radius 3 is 0.913 bits per heavy atom. The fourth-order valence-corrected chi connectivity index (χ4v) is 6.54. The van der Waals surface area contributed by atoms with E-state index in [1.54, 1.807) is 13.8 Å². The fourth-order valence-electron chi connectivity index (χ4n) is 6.54. The molecule has 2 heterocycles. The predicted molar refractivity (Wildman–Crippen MR) is 187 cm³/mol. The van der Waals surface area contributed by atoms with Crippen LogP contribution in [0.15, 0.2) is 70.8 Å². The maximum Gasteiger partial charge on any atom is 0.261 e. The van der Waals surface area contributed by atoms with Gasteiger partial charge < -0.3 is 0 Å².